The van der Waals surface area contributed by atoms with Crippen LogP contribution in [0.3, 0.4) is 0 Å². The Morgan fingerprint density at radius 3 is 3.09 bits per heavy atom. The van der Waals surface area contributed by atoms with Crippen molar-refractivity contribution < 1.29 is 0 Å². The Hall–Kier alpha value is -0.490. The fourth-order valence-corrected chi connectivity index (χ4v) is 1.96. The van der Waals surface area contributed by atoms with Crippen molar-refractivity contribution in [1.29, 1.82) is 0 Å². The van der Waals surface area contributed by atoms with Crippen LogP contribution in [0.2, 0.25) is 5.02 Å². The number of halogens is 1. The van der Waals surface area contributed by atoms with Gasteiger partial charge in [0.2, 0.25) is 0 Å². The van der Waals surface area contributed by atoms with Gasteiger partial charge in [-0.05, 0) is 42.0 Å². The molecule has 0 amide bonds. The molecule has 0 saturated carbocycles. The van der Waals surface area contributed by atoms with E-state index >= 15 is 0 Å². The molecule has 1 atom stereocenters. The van der Waals surface area contributed by atoms with Gasteiger partial charge in [0, 0.05) is 5.02 Å². The second-order valence-corrected chi connectivity index (χ2v) is 3.72. The summed E-state index contributed by atoms with van der Waals surface area (Å²) < 4.78 is 0. The standard InChI is InChI=1S/C10H11Cl/c1-7-2-3-8-4-5-9(11)6-10(7)8/h4-7H,2-3H2,1H3/t7-/m1/s1. The topological polar surface area (TPSA) is 0 Å². The third kappa shape index (κ3) is 1.16. The molecule has 0 heterocycles. The molecule has 1 aromatic rings. The van der Waals surface area contributed by atoms with E-state index in [-0.39, 0.29) is 0 Å². The molecule has 0 bridgehead atoms. The lowest BCUT2D eigenvalue weighted by molar-refractivity contribution is 0.747. The lowest BCUT2D eigenvalue weighted by Crippen LogP contribution is -1.84. The summed E-state index contributed by atoms with van der Waals surface area (Å²) in [6.45, 7) is 2.27. The average Bonchev–Trinajstić information content (AvgIpc) is 2.33. The summed E-state index contributed by atoms with van der Waals surface area (Å²) in [5, 5.41) is 0.873. The molecule has 0 aromatic heterocycles. The fourth-order valence-electron chi connectivity index (χ4n) is 1.78. The summed E-state index contributed by atoms with van der Waals surface area (Å²) in [6.07, 6.45) is 2.52. The van der Waals surface area contributed by atoms with Gasteiger partial charge in [0.1, 0.15) is 0 Å². The molecule has 1 aromatic carbocycles. The molecule has 2 rings (SSSR count). The van der Waals surface area contributed by atoms with Gasteiger partial charge < -0.3 is 0 Å². The maximum Gasteiger partial charge on any atom is 0.0409 e. The van der Waals surface area contributed by atoms with Gasteiger partial charge in [0.15, 0.2) is 0 Å². The van der Waals surface area contributed by atoms with E-state index in [1.165, 1.54) is 24.0 Å². The predicted molar refractivity (Wildman–Crippen MR) is 48.2 cm³/mol. The second-order valence-electron chi connectivity index (χ2n) is 3.28. The Morgan fingerprint density at radius 1 is 1.45 bits per heavy atom. The van der Waals surface area contributed by atoms with E-state index in [0.717, 1.165) is 5.02 Å². The maximum absolute atomic E-state index is 5.89. The molecule has 1 heteroatoms. The van der Waals surface area contributed by atoms with Crippen LogP contribution < -0.4 is 0 Å². The predicted octanol–water partition coefficient (Wildman–Crippen LogP) is 3.39. The maximum atomic E-state index is 5.89. The zero-order valence-corrected chi connectivity index (χ0v) is 7.36. The summed E-state index contributed by atoms with van der Waals surface area (Å²) in [6, 6.07) is 6.24. The second kappa shape index (κ2) is 2.53. The third-order valence-corrected chi connectivity index (χ3v) is 2.72. The first-order valence-electron chi connectivity index (χ1n) is 4.05. The molecule has 0 aliphatic heterocycles. The highest BCUT2D eigenvalue weighted by Gasteiger charge is 2.17. The minimum Gasteiger partial charge on any atom is -0.0843 e. The molecule has 58 valence electrons. The number of fused-ring (bicyclic) bond motifs is 1. The summed E-state index contributed by atoms with van der Waals surface area (Å²) in [4.78, 5) is 0. The molecule has 0 radical (unpaired) electrons. The van der Waals surface area contributed by atoms with Crippen LogP contribution in [0.4, 0.5) is 0 Å². The molecule has 0 saturated heterocycles. The van der Waals surface area contributed by atoms with E-state index in [4.69, 9.17) is 11.6 Å². The summed E-state index contributed by atoms with van der Waals surface area (Å²) in [7, 11) is 0. The zero-order valence-electron chi connectivity index (χ0n) is 6.60. The van der Waals surface area contributed by atoms with E-state index < -0.39 is 0 Å². The first-order chi connectivity index (χ1) is 5.27. The van der Waals surface area contributed by atoms with Crippen molar-refractivity contribution in [3.8, 4) is 0 Å². The number of benzene rings is 1. The van der Waals surface area contributed by atoms with Crippen LogP contribution in [0, 0.1) is 0 Å². The van der Waals surface area contributed by atoms with Gasteiger partial charge in [0.05, 0.1) is 0 Å². The highest BCUT2D eigenvalue weighted by Crippen LogP contribution is 2.33. The number of hydrogen-bond acceptors (Lipinski definition) is 0. The highest BCUT2D eigenvalue weighted by molar-refractivity contribution is 6.30. The zero-order chi connectivity index (χ0) is 7.84. The van der Waals surface area contributed by atoms with Gasteiger partial charge >= 0.3 is 0 Å². The third-order valence-electron chi connectivity index (χ3n) is 2.49. The summed E-state index contributed by atoms with van der Waals surface area (Å²) in [5.74, 6) is 0.712. The van der Waals surface area contributed by atoms with E-state index in [1.807, 2.05) is 6.07 Å². The van der Waals surface area contributed by atoms with Crippen molar-refractivity contribution in [1.82, 2.24) is 0 Å². The van der Waals surface area contributed by atoms with Gasteiger partial charge in [-0.15, -0.1) is 0 Å². The number of hydrogen-bond donors (Lipinski definition) is 0. The van der Waals surface area contributed by atoms with Gasteiger partial charge in [0.25, 0.3) is 0 Å². The normalized spacial score (nSPS) is 21.8. The van der Waals surface area contributed by atoms with Crippen molar-refractivity contribution in [2.24, 2.45) is 0 Å². The van der Waals surface area contributed by atoms with Crippen LogP contribution in [0.15, 0.2) is 18.2 Å². The molecular formula is C10H11Cl. The van der Waals surface area contributed by atoms with Crippen LogP contribution in [0.1, 0.15) is 30.4 Å². The number of rotatable bonds is 0. The van der Waals surface area contributed by atoms with Gasteiger partial charge in [-0.3, -0.25) is 0 Å². The average molecular weight is 167 g/mol. The van der Waals surface area contributed by atoms with Gasteiger partial charge in [-0.2, -0.15) is 0 Å². The van der Waals surface area contributed by atoms with Gasteiger partial charge in [-0.25, -0.2) is 0 Å². The number of aryl methyl sites for hydroxylation is 1. The van der Waals surface area contributed by atoms with Crippen LogP contribution >= 0.6 is 11.6 Å². The van der Waals surface area contributed by atoms with Crippen LogP contribution in [-0.4, -0.2) is 0 Å². The first-order valence-corrected chi connectivity index (χ1v) is 4.43. The van der Waals surface area contributed by atoms with E-state index in [0.29, 0.717) is 5.92 Å². The smallest absolute Gasteiger partial charge is 0.0409 e. The largest absolute Gasteiger partial charge is 0.0843 e. The van der Waals surface area contributed by atoms with Crippen molar-refractivity contribution >= 4 is 11.6 Å². The van der Waals surface area contributed by atoms with Crippen molar-refractivity contribution in [2.75, 3.05) is 0 Å². The highest BCUT2D eigenvalue weighted by atomic mass is 35.5. The van der Waals surface area contributed by atoms with E-state index in [1.54, 1.807) is 0 Å². The Labute approximate surface area is 72.2 Å². The Morgan fingerprint density at radius 2 is 2.27 bits per heavy atom. The first kappa shape index (κ1) is 7.17. The Kier molecular flexibility index (Phi) is 1.65. The van der Waals surface area contributed by atoms with Gasteiger partial charge in [-0.1, -0.05) is 24.6 Å². The molecule has 0 fully saturated rings. The molecule has 1 aliphatic carbocycles. The molecular weight excluding hydrogens is 156 g/mol. The van der Waals surface area contributed by atoms with E-state index in [9.17, 15) is 0 Å². The summed E-state index contributed by atoms with van der Waals surface area (Å²) >= 11 is 5.89. The molecule has 0 N–H and O–H groups in total. The fraction of sp³-hybridized carbons (Fsp3) is 0.400. The monoisotopic (exact) mass is 166 g/mol. The summed E-state index contributed by atoms with van der Waals surface area (Å²) in [5.41, 5.74) is 2.94. The molecule has 11 heavy (non-hydrogen) atoms. The molecule has 1 aliphatic rings. The SMILES string of the molecule is C[C@@H]1CCc2ccc(Cl)cc21. The lowest BCUT2D eigenvalue weighted by Gasteiger charge is -2.03. The Bertz CT molecular complexity index is 278. The minimum absolute atomic E-state index is 0.712. The minimum atomic E-state index is 0.712. The quantitative estimate of drug-likeness (QED) is 0.554. The van der Waals surface area contributed by atoms with Crippen molar-refractivity contribution in [3.63, 3.8) is 0 Å². The van der Waals surface area contributed by atoms with E-state index in [2.05, 4.69) is 19.1 Å². The molecule has 0 nitrogen and oxygen atoms in total. The van der Waals surface area contributed by atoms with Crippen LogP contribution in [0.25, 0.3) is 0 Å². The van der Waals surface area contributed by atoms with Crippen LogP contribution in [-0.2, 0) is 6.42 Å². The molecule has 0 spiro atoms. The Balaban J connectivity index is 2.52. The molecule has 0 unspecified atom stereocenters. The van der Waals surface area contributed by atoms with Crippen molar-refractivity contribution in [3.05, 3.63) is 34.3 Å². The lowest BCUT2D eigenvalue weighted by atomic mass is 10.0. The van der Waals surface area contributed by atoms with Crippen LogP contribution in [0.5, 0.6) is 0 Å². The van der Waals surface area contributed by atoms with Crippen molar-refractivity contribution in [2.45, 2.75) is 25.7 Å².